The largest absolute Gasteiger partial charge is 0.382 e. The molecule has 0 saturated carbocycles. The van der Waals surface area contributed by atoms with Gasteiger partial charge in [-0.1, -0.05) is 29.8 Å². The Balaban J connectivity index is 1.31. The van der Waals surface area contributed by atoms with Crippen LogP contribution >= 0.6 is 11.6 Å². The van der Waals surface area contributed by atoms with E-state index in [0.717, 1.165) is 52.0 Å². The average Bonchev–Trinajstić information content (AvgIpc) is 3.46. The zero-order valence-electron chi connectivity index (χ0n) is 19.3. The average molecular weight is 485 g/mol. The SMILES string of the molecule is Cc1cc(Cl)ccc1C(=O)N1CCC(c2nc(-c3cc4ccccc4[nH]3)c3c(N)nccn23)CC1. The molecule has 0 aliphatic carbocycles. The maximum atomic E-state index is 13.1. The highest BCUT2D eigenvalue weighted by Gasteiger charge is 2.29. The molecule has 35 heavy (non-hydrogen) atoms. The number of likely N-dealkylation sites (tertiary alicyclic amines) is 1. The number of hydrogen-bond donors (Lipinski definition) is 2. The number of benzene rings is 2. The van der Waals surface area contributed by atoms with Gasteiger partial charge in [0.1, 0.15) is 22.9 Å². The van der Waals surface area contributed by atoms with Gasteiger partial charge in [-0.25, -0.2) is 9.97 Å². The van der Waals surface area contributed by atoms with Gasteiger partial charge in [0.25, 0.3) is 5.91 Å². The molecule has 176 valence electrons. The topological polar surface area (TPSA) is 92.3 Å². The molecule has 0 atom stereocenters. The summed E-state index contributed by atoms with van der Waals surface area (Å²) in [6.45, 7) is 3.26. The number of hydrogen-bond acceptors (Lipinski definition) is 4. The second-order valence-corrected chi connectivity index (χ2v) is 9.58. The van der Waals surface area contributed by atoms with Gasteiger partial charge in [0.15, 0.2) is 0 Å². The number of para-hydroxylation sites is 1. The first-order valence-electron chi connectivity index (χ1n) is 11.8. The molecule has 1 saturated heterocycles. The van der Waals surface area contributed by atoms with Crippen molar-refractivity contribution in [3.63, 3.8) is 0 Å². The smallest absolute Gasteiger partial charge is 0.254 e. The Labute approximate surface area is 207 Å². The monoisotopic (exact) mass is 484 g/mol. The number of carbonyl (C=O) groups is 1. The Morgan fingerprint density at radius 2 is 1.94 bits per heavy atom. The highest BCUT2D eigenvalue weighted by atomic mass is 35.5. The zero-order chi connectivity index (χ0) is 24.1. The number of anilines is 1. The van der Waals surface area contributed by atoms with Crippen molar-refractivity contribution in [3.8, 4) is 11.4 Å². The maximum absolute atomic E-state index is 13.1. The predicted octanol–water partition coefficient (Wildman–Crippen LogP) is 5.44. The van der Waals surface area contributed by atoms with Crippen LogP contribution < -0.4 is 5.73 Å². The van der Waals surface area contributed by atoms with Gasteiger partial charge in [-0.2, -0.15) is 0 Å². The highest BCUT2D eigenvalue weighted by Crippen LogP contribution is 2.35. The molecule has 1 aliphatic rings. The molecule has 3 N–H and O–H groups in total. The van der Waals surface area contributed by atoms with Crippen LogP contribution in [-0.4, -0.2) is 43.2 Å². The first-order valence-corrected chi connectivity index (χ1v) is 12.1. The van der Waals surface area contributed by atoms with Crippen LogP contribution in [0, 0.1) is 6.92 Å². The first kappa shape index (κ1) is 21.7. The Morgan fingerprint density at radius 1 is 1.14 bits per heavy atom. The molecule has 1 amide bonds. The number of fused-ring (bicyclic) bond motifs is 2. The molecule has 1 aliphatic heterocycles. The summed E-state index contributed by atoms with van der Waals surface area (Å²) in [5, 5.41) is 1.76. The Morgan fingerprint density at radius 3 is 2.71 bits per heavy atom. The van der Waals surface area contributed by atoms with Crippen LogP contribution in [0.2, 0.25) is 5.02 Å². The van der Waals surface area contributed by atoms with Gasteiger partial charge in [-0.3, -0.25) is 9.20 Å². The van der Waals surface area contributed by atoms with Gasteiger partial charge in [0.2, 0.25) is 0 Å². The van der Waals surface area contributed by atoms with Crippen LogP contribution in [0.5, 0.6) is 0 Å². The lowest BCUT2D eigenvalue weighted by atomic mass is 9.95. The van der Waals surface area contributed by atoms with Crippen molar-refractivity contribution >= 4 is 39.7 Å². The van der Waals surface area contributed by atoms with Crippen LogP contribution in [0.1, 0.15) is 40.5 Å². The van der Waals surface area contributed by atoms with Gasteiger partial charge in [-0.05, 0) is 55.7 Å². The molecule has 0 unspecified atom stereocenters. The standard InChI is InChI=1S/C27H25ClN6O/c1-16-14-19(28)6-7-20(16)27(35)33-11-8-17(9-12-33)26-32-23(24-25(29)30-10-13-34(24)26)22-15-18-4-2-3-5-21(18)31-22/h2-7,10,13-15,17,31H,8-9,11-12H2,1H3,(H2,29,30). The molecule has 0 bridgehead atoms. The summed E-state index contributed by atoms with van der Waals surface area (Å²) in [7, 11) is 0. The van der Waals surface area contributed by atoms with Gasteiger partial charge < -0.3 is 15.6 Å². The number of carbonyl (C=O) groups excluding carboxylic acids is 1. The number of aromatic nitrogens is 4. The van der Waals surface area contributed by atoms with E-state index in [0.29, 0.717) is 29.5 Å². The zero-order valence-corrected chi connectivity index (χ0v) is 20.1. The highest BCUT2D eigenvalue weighted by molar-refractivity contribution is 6.30. The van der Waals surface area contributed by atoms with E-state index in [-0.39, 0.29) is 11.8 Å². The van der Waals surface area contributed by atoms with E-state index < -0.39 is 0 Å². The summed E-state index contributed by atoms with van der Waals surface area (Å²) in [5.74, 6) is 1.67. The van der Waals surface area contributed by atoms with Crippen LogP contribution in [0.4, 0.5) is 5.82 Å². The number of H-pyrrole nitrogens is 1. The molecule has 1 fully saturated rings. The fourth-order valence-corrected chi connectivity index (χ4v) is 5.37. The molecule has 0 spiro atoms. The third kappa shape index (κ3) is 3.72. The molecule has 6 rings (SSSR count). The van der Waals surface area contributed by atoms with Crippen molar-refractivity contribution < 1.29 is 4.79 Å². The summed E-state index contributed by atoms with van der Waals surface area (Å²) < 4.78 is 2.06. The lowest BCUT2D eigenvalue weighted by molar-refractivity contribution is 0.0710. The minimum Gasteiger partial charge on any atom is -0.382 e. The lowest BCUT2D eigenvalue weighted by Crippen LogP contribution is -2.38. The second kappa shape index (κ2) is 8.43. The first-order chi connectivity index (χ1) is 17.0. The Bertz CT molecular complexity index is 1540. The second-order valence-electron chi connectivity index (χ2n) is 9.15. The number of aryl methyl sites for hydroxylation is 1. The van der Waals surface area contributed by atoms with Gasteiger partial charge >= 0.3 is 0 Å². The number of nitrogens with two attached hydrogens (primary N) is 1. The quantitative estimate of drug-likeness (QED) is 0.356. The predicted molar refractivity (Wildman–Crippen MR) is 139 cm³/mol. The third-order valence-electron chi connectivity index (χ3n) is 6.96. The maximum Gasteiger partial charge on any atom is 0.254 e. The van der Waals surface area contributed by atoms with E-state index in [2.05, 4.69) is 32.6 Å². The van der Waals surface area contributed by atoms with E-state index in [1.165, 1.54) is 0 Å². The van der Waals surface area contributed by atoms with Crippen molar-refractivity contribution in [1.82, 2.24) is 24.3 Å². The summed E-state index contributed by atoms with van der Waals surface area (Å²) in [5.41, 5.74) is 11.5. The molecule has 8 heteroatoms. The molecule has 5 aromatic rings. The van der Waals surface area contributed by atoms with Crippen LogP contribution in [0.25, 0.3) is 27.8 Å². The number of imidazole rings is 1. The van der Waals surface area contributed by atoms with Crippen LogP contribution in [-0.2, 0) is 0 Å². The number of piperidine rings is 1. The number of amides is 1. The number of aromatic amines is 1. The molecule has 3 aromatic heterocycles. The summed E-state index contributed by atoms with van der Waals surface area (Å²) >= 11 is 6.07. The van der Waals surface area contributed by atoms with E-state index in [1.807, 2.05) is 42.3 Å². The van der Waals surface area contributed by atoms with E-state index in [1.54, 1.807) is 12.3 Å². The number of halogens is 1. The van der Waals surface area contributed by atoms with E-state index in [4.69, 9.17) is 22.3 Å². The van der Waals surface area contributed by atoms with Crippen molar-refractivity contribution in [3.05, 3.63) is 82.9 Å². The number of nitrogens with one attached hydrogen (secondary N) is 1. The van der Waals surface area contributed by atoms with Crippen LogP contribution in [0.15, 0.2) is 60.9 Å². The van der Waals surface area contributed by atoms with Crippen molar-refractivity contribution in [1.29, 1.82) is 0 Å². The third-order valence-corrected chi connectivity index (χ3v) is 7.20. The van der Waals surface area contributed by atoms with Crippen molar-refractivity contribution in [2.45, 2.75) is 25.7 Å². The summed E-state index contributed by atoms with van der Waals surface area (Å²) in [4.78, 5) is 28.0. The molecule has 7 nitrogen and oxygen atoms in total. The Kier molecular flexibility index (Phi) is 5.22. The minimum absolute atomic E-state index is 0.0535. The Hall–Kier alpha value is -3.84. The number of nitrogen functional groups attached to an aromatic ring is 1. The van der Waals surface area contributed by atoms with Gasteiger partial charge in [0, 0.05) is 52.9 Å². The number of nitrogens with zero attached hydrogens (tertiary/aromatic N) is 4. The normalized spacial score (nSPS) is 14.7. The lowest BCUT2D eigenvalue weighted by Gasteiger charge is -2.32. The van der Waals surface area contributed by atoms with Crippen molar-refractivity contribution in [2.24, 2.45) is 0 Å². The molecule has 4 heterocycles. The van der Waals surface area contributed by atoms with E-state index >= 15 is 0 Å². The molecular weight excluding hydrogens is 460 g/mol. The molecule has 2 aromatic carbocycles. The summed E-state index contributed by atoms with van der Waals surface area (Å²) in [6, 6.07) is 15.7. The molecular formula is C27H25ClN6O. The summed E-state index contributed by atoms with van der Waals surface area (Å²) in [6.07, 6.45) is 5.29. The fourth-order valence-electron chi connectivity index (χ4n) is 5.14. The molecule has 0 radical (unpaired) electrons. The fraction of sp³-hybridized carbons (Fsp3) is 0.222. The minimum atomic E-state index is 0.0535. The number of rotatable bonds is 3. The van der Waals surface area contributed by atoms with Gasteiger partial charge in [-0.15, -0.1) is 0 Å². The van der Waals surface area contributed by atoms with Gasteiger partial charge in [0.05, 0.1) is 5.69 Å². The van der Waals surface area contributed by atoms with E-state index in [9.17, 15) is 4.79 Å². The van der Waals surface area contributed by atoms with Crippen LogP contribution in [0.3, 0.4) is 0 Å². The van der Waals surface area contributed by atoms with Crippen molar-refractivity contribution in [2.75, 3.05) is 18.8 Å².